The predicted molar refractivity (Wildman–Crippen MR) is 261 cm³/mol. The highest BCUT2D eigenvalue weighted by molar-refractivity contribution is 5.71. The molecule has 0 aliphatic carbocycles. The van der Waals surface area contributed by atoms with Gasteiger partial charge in [-0.3, -0.25) is 14.4 Å². The van der Waals surface area contributed by atoms with E-state index in [0.717, 1.165) is 103 Å². The van der Waals surface area contributed by atoms with E-state index in [1.807, 2.05) is 0 Å². The van der Waals surface area contributed by atoms with Crippen LogP contribution in [0.25, 0.3) is 0 Å². The molecule has 0 aromatic carbocycles. The van der Waals surface area contributed by atoms with Gasteiger partial charge in [0.25, 0.3) is 0 Å². The van der Waals surface area contributed by atoms with Crippen LogP contribution in [0.1, 0.15) is 252 Å². The molecule has 0 bridgehead atoms. The molecule has 6 nitrogen and oxygen atoms in total. The van der Waals surface area contributed by atoms with Crippen LogP contribution in [0.2, 0.25) is 0 Å². The first-order valence-electron chi connectivity index (χ1n) is 25.8. The first-order valence-corrected chi connectivity index (χ1v) is 25.8. The molecule has 0 aromatic heterocycles. The fraction of sp³-hybridized carbons (Fsp3) is 0.764. The minimum atomic E-state index is -0.769. The number of hydrogen-bond donors (Lipinski definition) is 0. The molecule has 0 radical (unpaired) electrons. The zero-order valence-electron chi connectivity index (χ0n) is 40.2. The molecule has 0 saturated heterocycles. The monoisotopic (exact) mass is 853 g/mol. The molecule has 0 saturated carbocycles. The summed E-state index contributed by atoms with van der Waals surface area (Å²) >= 11 is 0. The number of allylic oxidation sites excluding steroid dienone is 10. The Labute approximate surface area is 377 Å². The van der Waals surface area contributed by atoms with Crippen LogP contribution in [0.15, 0.2) is 60.8 Å². The van der Waals surface area contributed by atoms with E-state index >= 15 is 0 Å². The molecule has 0 heterocycles. The Bertz CT molecular complexity index is 1120. The van der Waals surface area contributed by atoms with Crippen LogP contribution in [0.4, 0.5) is 0 Å². The number of rotatable bonds is 46. The lowest BCUT2D eigenvalue weighted by molar-refractivity contribution is -0.167. The average molecular weight is 853 g/mol. The van der Waals surface area contributed by atoms with Gasteiger partial charge in [-0.1, -0.05) is 229 Å². The number of hydrogen-bond acceptors (Lipinski definition) is 6. The molecule has 0 aromatic rings. The van der Waals surface area contributed by atoms with Gasteiger partial charge in [0, 0.05) is 19.3 Å². The third-order valence-corrected chi connectivity index (χ3v) is 11.0. The van der Waals surface area contributed by atoms with Crippen LogP contribution >= 0.6 is 0 Å². The van der Waals surface area contributed by atoms with E-state index in [1.54, 1.807) is 0 Å². The number of unbranched alkanes of at least 4 members (excludes halogenated alkanes) is 25. The third-order valence-electron chi connectivity index (χ3n) is 11.0. The minimum Gasteiger partial charge on any atom is -0.462 e. The van der Waals surface area contributed by atoms with E-state index in [2.05, 4.69) is 81.5 Å². The van der Waals surface area contributed by atoms with E-state index in [4.69, 9.17) is 14.2 Å². The highest BCUT2D eigenvalue weighted by Crippen LogP contribution is 2.15. The Kier molecular flexibility index (Phi) is 47.4. The second-order valence-corrected chi connectivity index (χ2v) is 17.1. The van der Waals surface area contributed by atoms with E-state index in [9.17, 15) is 14.4 Å². The van der Waals surface area contributed by atoms with Crippen LogP contribution in [0, 0.1) is 0 Å². The van der Waals surface area contributed by atoms with Gasteiger partial charge in [-0.25, -0.2) is 0 Å². The van der Waals surface area contributed by atoms with Crippen LogP contribution in [0.3, 0.4) is 0 Å². The normalized spacial score (nSPS) is 12.5. The van der Waals surface area contributed by atoms with Crippen molar-refractivity contribution in [3.8, 4) is 0 Å². The Morgan fingerprint density at radius 2 is 0.639 bits per heavy atom. The molecule has 0 fully saturated rings. The summed E-state index contributed by atoms with van der Waals surface area (Å²) in [6, 6.07) is 0. The SMILES string of the molecule is CC/C=C\C/C=C\C/C=C\C/C=C\C/C=C\CCCCCCCCCCCC(=O)OCC(COC(=O)CCCCCCC)OC(=O)CCCCCCCCCCCCCCC. The zero-order valence-corrected chi connectivity index (χ0v) is 40.2. The summed E-state index contributed by atoms with van der Waals surface area (Å²) in [7, 11) is 0. The fourth-order valence-corrected chi connectivity index (χ4v) is 7.17. The number of carbonyl (C=O) groups is 3. The van der Waals surface area contributed by atoms with Crippen molar-refractivity contribution in [1.29, 1.82) is 0 Å². The molecule has 0 amide bonds. The van der Waals surface area contributed by atoms with Gasteiger partial charge in [0.2, 0.25) is 0 Å². The van der Waals surface area contributed by atoms with Crippen LogP contribution in [0.5, 0.6) is 0 Å². The molecule has 6 heteroatoms. The summed E-state index contributed by atoms with van der Waals surface area (Å²) in [5.74, 6) is -0.890. The highest BCUT2D eigenvalue weighted by atomic mass is 16.6. The maximum Gasteiger partial charge on any atom is 0.306 e. The first kappa shape index (κ1) is 58.1. The van der Waals surface area contributed by atoms with Gasteiger partial charge in [0.1, 0.15) is 13.2 Å². The van der Waals surface area contributed by atoms with Gasteiger partial charge in [-0.15, -0.1) is 0 Å². The van der Waals surface area contributed by atoms with Gasteiger partial charge in [0.15, 0.2) is 6.10 Å². The third kappa shape index (κ3) is 48.0. The summed E-state index contributed by atoms with van der Waals surface area (Å²) in [6.45, 7) is 6.44. The second kappa shape index (κ2) is 49.8. The van der Waals surface area contributed by atoms with Gasteiger partial charge >= 0.3 is 17.9 Å². The van der Waals surface area contributed by atoms with Crippen LogP contribution < -0.4 is 0 Å². The smallest absolute Gasteiger partial charge is 0.306 e. The molecule has 0 spiro atoms. The van der Waals surface area contributed by atoms with Crippen molar-refractivity contribution < 1.29 is 28.6 Å². The second-order valence-electron chi connectivity index (χ2n) is 17.1. The van der Waals surface area contributed by atoms with Gasteiger partial charge in [0.05, 0.1) is 0 Å². The van der Waals surface area contributed by atoms with Crippen molar-refractivity contribution in [2.75, 3.05) is 13.2 Å². The molecule has 1 unspecified atom stereocenters. The Morgan fingerprint density at radius 3 is 1.00 bits per heavy atom. The molecule has 0 rings (SSSR count). The van der Waals surface area contributed by atoms with Crippen LogP contribution in [-0.4, -0.2) is 37.2 Å². The standard InChI is InChI=1S/C55H96O6/c1-4-7-10-13-15-17-19-21-22-23-24-25-26-27-28-29-30-31-32-34-35-37-39-42-45-48-54(57)60-51-52(50-59-53(56)47-44-41-12-9-6-3)61-55(58)49-46-43-40-38-36-33-20-18-16-14-11-8-5-2/h7,10,15,17,21-22,24-25,27-28,52H,4-6,8-9,11-14,16,18-20,23,26,29-51H2,1-3H3/b10-7-,17-15-,22-21-,25-24-,28-27-. The molecule has 0 aliphatic rings. The predicted octanol–water partition coefficient (Wildman–Crippen LogP) is 16.9. The minimum absolute atomic E-state index is 0.0746. The Balaban J connectivity index is 4.10. The van der Waals surface area contributed by atoms with Crippen LogP contribution in [-0.2, 0) is 28.6 Å². The first-order chi connectivity index (χ1) is 30.0. The number of carbonyl (C=O) groups excluding carboxylic acids is 3. The Morgan fingerprint density at radius 1 is 0.344 bits per heavy atom. The summed E-state index contributed by atoms with van der Waals surface area (Å²) in [4.78, 5) is 37.6. The average Bonchev–Trinajstić information content (AvgIpc) is 3.26. The zero-order chi connectivity index (χ0) is 44.4. The number of ether oxygens (including phenoxy) is 3. The van der Waals surface area contributed by atoms with E-state index in [1.165, 1.54) is 109 Å². The largest absolute Gasteiger partial charge is 0.462 e. The maximum atomic E-state index is 12.7. The summed E-state index contributed by atoms with van der Waals surface area (Å²) in [6.07, 6.45) is 61.0. The van der Waals surface area contributed by atoms with E-state index in [0.29, 0.717) is 19.3 Å². The molecule has 0 aliphatic heterocycles. The van der Waals surface area contributed by atoms with Crippen molar-refractivity contribution in [2.24, 2.45) is 0 Å². The Hall–Kier alpha value is -2.89. The highest BCUT2D eigenvalue weighted by Gasteiger charge is 2.19. The van der Waals surface area contributed by atoms with Gasteiger partial charge in [-0.05, 0) is 64.2 Å². The quantitative estimate of drug-likeness (QED) is 0.0263. The molecular weight excluding hydrogens is 757 g/mol. The molecular formula is C55H96O6. The summed E-state index contributed by atoms with van der Waals surface area (Å²) in [5.41, 5.74) is 0. The van der Waals surface area contributed by atoms with Crippen molar-refractivity contribution in [2.45, 2.75) is 258 Å². The molecule has 61 heavy (non-hydrogen) atoms. The lowest BCUT2D eigenvalue weighted by Gasteiger charge is -2.18. The topological polar surface area (TPSA) is 78.9 Å². The lowest BCUT2D eigenvalue weighted by atomic mass is 10.0. The number of esters is 3. The lowest BCUT2D eigenvalue weighted by Crippen LogP contribution is -2.30. The molecule has 352 valence electrons. The molecule has 0 N–H and O–H groups in total. The molecule has 1 atom stereocenters. The van der Waals surface area contributed by atoms with Gasteiger partial charge in [-0.2, -0.15) is 0 Å². The van der Waals surface area contributed by atoms with E-state index < -0.39 is 6.10 Å². The summed E-state index contributed by atoms with van der Waals surface area (Å²) in [5, 5.41) is 0. The van der Waals surface area contributed by atoms with E-state index in [-0.39, 0.29) is 31.1 Å². The van der Waals surface area contributed by atoms with Crippen molar-refractivity contribution in [3.63, 3.8) is 0 Å². The fourth-order valence-electron chi connectivity index (χ4n) is 7.17. The summed E-state index contributed by atoms with van der Waals surface area (Å²) < 4.78 is 16.7. The maximum absolute atomic E-state index is 12.7. The van der Waals surface area contributed by atoms with Crippen molar-refractivity contribution in [1.82, 2.24) is 0 Å². The van der Waals surface area contributed by atoms with Crippen molar-refractivity contribution >= 4 is 17.9 Å². The van der Waals surface area contributed by atoms with Gasteiger partial charge < -0.3 is 14.2 Å². The van der Waals surface area contributed by atoms with Crippen molar-refractivity contribution in [3.05, 3.63) is 60.8 Å².